The third-order valence-corrected chi connectivity index (χ3v) is 12.2. The molecule has 1 saturated heterocycles. The lowest BCUT2D eigenvalue weighted by Gasteiger charge is -2.59. The molecular formula is C47H56N4O7. The van der Waals surface area contributed by atoms with Gasteiger partial charge in [0.1, 0.15) is 30.8 Å². The Bertz CT molecular complexity index is 1970. The lowest BCUT2D eigenvalue weighted by Crippen LogP contribution is -2.69. The van der Waals surface area contributed by atoms with Gasteiger partial charge >= 0.3 is 0 Å². The largest absolute Gasteiger partial charge is 0.492 e. The summed E-state index contributed by atoms with van der Waals surface area (Å²) < 4.78 is 20.6. The maximum Gasteiger partial charge on any atom is 0.254 e. The highest BCUT2D eigenvalue weighted by atomic mass is 16.7. The first-order valence-corrected chi connectivity index (χ1v) is 20.8. The summed E-state index contributed by atoms with van der Waals surface area (Å²) in [6.45, 7) is 8.34. The van der Waals surface area contributed by atoms with Gasteiger partial charge in [-0.15, -0.1) is 6.58 Å². The zero-order chi connectivity index (χ0) is 40.5. The van der Waals surface area contributed by atoms with E-state index in [-0.39, 0.29) is 56.5 Å². The number of unbranched alkanes of at least 4 members (excludes halogenated alkanes) is 2. The van der Waals surface area contributed by atoms with E-state index in [1.54, 1.807) is 42.3 Å². The van der Waals surface area contributed by atoms with Gasteiger partial charge in [0.15, 0.2) is 0 Å². The van der Waals surface area contributed by atoms with Gasteiger partial charge in [-0.1, -0.05) is 60.5 Å². The number of carbonyl (C=O) groups excluding carboxylic acids is 1. The van der Waals surface area contributed by atoms with Crippen LogP contribution in [-0.4, -0.2) is 96.6 Å². The van der Waals surface area contributed by atoms with Crippen LogP contribution in [0.3, 0.4) is 0 Å². The van der Waals surface area contributed by atoms with Crippen LogP contribution in [0, 0.1) is 29.1 Å². The number of aliphatic hydroxyl groups is 2. The molecule has 2 heterocycles. The first kappa shape index (κ1) is 41.2. The third-order valence-electron chi connectivity index (χ3n) is 12.2. The molecule has 2 fully saturated rings. The minimum absolute atomic E-state index is 0.103. The zero-order valence-corrected chi connectivity index (χ0v) is 33.5. The minimum atomic E-state index is -1.36. The Morgan fingerprint density at radius 1 is 1.05 bits per heavy atom. The number of benzene rings is 3. The van der Waals surface area contributed by atoms with Gasteiger partial charge in [-0.2, -0.15) is 5.26 Å². The Morgan fingerprint density at radius 2 is 1.81 bits per heavy atom. The number of hydrogen-bond acceptors (Lipinski definition) is 10. The molecule has 1 saturated carbocycles. The fourth-order valence-corrected chi connectivity index (χ4v) is 9.20. The molecule has 0 aromatic heterocycles. The highest BCUT2D eigenvalue weighted by Gasteiger charge is 2.65. The topological polar surface area (TPSA) is 137 Å². The summed E-state index contributed by atoms with van der Waals surface area (Å²) in [4.78, 5) is 24.7. The number of allylic oxidation sites excluding steroid dienone is 1. The summed E-state index contributed by atoms with van der Waals surface area (Å²) in [5.41, 5.74) is 4.61. The van der Waals surface area contributed by atoms with Crippen LogP contribution in [0.1, 0.15) is 77.9 Å². The molecule has 0 spiro atoms. The Labute approximate surface area is 342 Å². The predicted octanol–water partition coefficient (Wildman–Crippen LogP) is 6.86. The number of ether oxygens (including phenoxy) is 3. The van der Waals surface area contributed by atoms with Crippen molar-refractivity contribution < 1.29 is 34.1 Å². The van der Waals surface area contributed by atoms with Crippen molar-refractivity contribution in [1.82, 2.24) is 9.80 Å². The molecule has 0 unspecified atom stereocenters. The zero-order valence-electron chi connectivity index (χ0n) is 33.5. The number of oxime groups is 1. The van der Waals surface area contributed by atoms with Crippen molar-refractivity contribution in [3.63, 3.8) is 0 Å². The Morgan fingerprint density at radius 3 is 2.52 bits per heavy atom. The average molecular weight is 789 g/mol. The molecule has 0 bridgehead atoms. The molecule has 11 heteroatoms. The number of likely N-dealkylation sites (N-methyl/N-ethyl adjacent to an activating group) is 1. The van der Waals surface area contributed by atoms with E-state index >= 15 is 0 Å². The highest BCUT2D eigenvalue weighted by molar-refractivity contribution is 6.03. The second-order valence-corrected chi connectivity index (χ2v) is 15.8. The molecule has 1 amide bonds. The Hall–Kier alpha value is -4.99. The summed E-state index contributed by atoms with van der Waals surface area (Å²) in [7, 11) is 1.78. The van der Waals surface area contributed by atoms with Crippen molar-refractivity contribution in [3.8, 4) is 17.6 Å². The van der Waals surface area contributed by atoms with Crippen molar-refractivity contribution in [1.29, 1.82) is 5.26 Å². The fraction of sp³-hybridized carbons (Fsp3) is 0.468. The predicted molar refractivity (Wildman–Crippen MR) is 221 cm³/mol. The lowest BCUT2D eigenvalue weighted by molar-refractivity contribution is -0.252. The van der Waals surface area contributed by atoms with Crippen LogP contribution in [0.5, 0.6) is 11.5 Å². The van der Waals surface area contributed by atoms with E-state index in [2.05, 4.69) is 29.7 Å². The fourth-order valence-electron chi connectivity index (χ4n) is 9.20. The average Bonchev–Trinajstić information content (AvgIpc) is 4.09. The van der Waals surface area contributed by atoms with Gasteiger partial charge in [-0.25, -0.2) is 0 Å². The van der Waals surface area contributed by atoms with Crippen LogP contribution in [0.4, 0.5) is 0 Å². The van der Waals surface area contributed by atoms with Crippen LogP contribution >= 0.6 is 0 Å². The maximum atomic E-state index is 14.5. The van der Waals surface area contributed by atoms with E-state index in [1.807, 2.05) is 42.5 Å². The van der Waals surface area contributed by atoms with Gasteiger partial charge < -0.3 is 34.2 Å². The monoisotopic (exact) mass is 788 g/mol. The number of amides is 1. The molecule has 2 aliphatic heterocycles. The number of carbonyl (C=O) groups is 1. The normalized spacial score (nSPS) is 25.0. The Balaban J connectivity index is 1.39. The summed E-state index contributed by atoms with van der Waals surface area (Å²) in [5, 5.41) is 34.1. The van der Waals surface area contributed by atoms with E-state index in [0.717, 1.165) is 73.5 Å². The maximum absolute atomic E-state index is 14.5. The van der Waals surface area contributed by atoms with Gasteiger partial charge in [0.2, 0.25) is 5.79 Å². The SMILES string of the molecule is C=CCO[C@@]12Oc3ccc(OCCN4CC4)cc3[C@H]3[C@H](CCCCO)[C@@H](CCCCO)C=C(C(=NOCc4ccccc4)C[C@@H]1N(C)C(=O)c1ccc(C#N)cc1)[C@H]32. The first-order valence-electron chi connectivity index (χ1n) is 20.8. The number of hydrogen-bond donors (Lipinski definition) is 2. The number of aliphatic hydroxyl groups excluding tert-OH is 2. The molecule has 58 heavy (non-hydrogen) atoms. The summed E-state index contributed by atoms with van der Waals surface area (Å²) in [6, 6.07) is 24.1. The molecule has 3 aromatic carbocycles. The molecule has 2 aliphatic carbocycles. The molecule has 0 radical (unpaired) electrons. The van der Waals surface area contributed by atoms with E-state index < -0.39 is 17.7 Å². The molecule has 7 rings (SSSR count). The van der Waals surface area contributed by atoms with Crippen molar-refractivity contribution in [2.75, 3.05) is 53.1 Å². The van der Waals surface area contributed by atoms with E-state index in [1.165, 1.54) is 0 Å². The summed E-state index contributed by atoms with van der Waals surface area (Å²) in [6.07, 6.45) is 9.09. The summed E-state index contributed by atoms with van der Waals surface area (Å²) >= 11 is 0. The first-order chi connectivity index (χ1) is 28.4. The molecule has 3 aromatic rings. The van der Waals surface area contributed by atoms with Gasteiger partial charge in [-0.3, -0.25) is 9.69 Å². The van der Waals surface area contributed by atoms with Crippen molar-refractivity contribution in [2.45, 2.75) is 69.3 Å². The van der Waals surface area contributed by atoms with Crippen LogP contribution < -0.4 is 9.47 Å². The molecule has 6 atom stereocenters. The minimum Gasteiger partial charge on any atom is -0.492 e. The molecule has 4 aliphatic rings. The van der Waals surface area contributed by atoms with E-state index in [4.69, 9.17) is 24.2 Å². The molecule has 2 N–H and O–H groups in total. The van der Waals surface area contributed by atoms with Gasteiger partial charge in [0, 0.05) is 63.4 Å². The number of rotatable bonds is 20. The van der Waals surface area contributed by atoms with Gasteiger partial charge in [-0.05, 0) is 91.1 Å². The van der Waals surface area contributed by atoms with E-state index in [9.17, 15) is 20.3 Å². The second kappa shape index (κ2) is 19.2. The van der Waals surface area contributed by atoms with Crippen LogP contribution in [0.25, 0.3) is 0 Å². The van der Waals surface area contributed by atoms with Crippen LogP contribution in [0.2, 0.25) is 0 Å². The van der Waals surface area contributed by atoms with Gasteiger partial charge in [0.05, 0.1) is 29.9 Å². The standard InChI is InChI=1S/C47H56N4O7/c1-3-26-56-47-43(50(2)46(54)35-17-15-33(31-48)16-18-35)30-41(49-57-32-34-11-5-4-6-12-34)39-28-36(13-7-9-24-52)38(14-8-10-25-53)44(45(39)47)40-29-37(19-20-42(40)58-47)55-27-23-51-21-22-51/h3-6,11-12,15-20,28-29,36,38,43-45,52-53H,1,7-10,13-14,21-27,30,32H2,2H3/t36-,38+,43-,44+,45+,47+/m0/s1. The van der Waals surface area contributed by atoms with Crippen molar-refractivity contribution in [3.05, 3.63) is 119 Å². The second-order valence-electron chi connectivity index (χ2n) is 15.8. The van der Waals surface area contributed by atoms with Crippen molar-refractivity contribution >= 4 is 11.6 Å². The lowest BCUT2D eigenvalue weighted by atomic mass is 9.55. The molecular weight excluding hydrogens is 733 g/mol. The van der Waals surface area contributed by atoms with E-state index in [0.29, 0.717) is 36.3 Å². The smallest absolute Gasteiger partial charge is 0.254 e. The third kappa shape index (κ3) is 9.01. The Kier molecular flexibility index (Phi) is 13.6. The highest BCUT2D eigenvalue weighted by Crippen LogP contribution is 2.62. The van der Waals surface area contributed by atoms with Gasteiger partial charge in [0.25, 0.3) is 5.91 Å². The number of nitriles is 1. The van der Waals surface area contributed by atoms with Crippen molar-refractivity contribution in [2.24, 2.45) is 22.9 Å². The number of fused-ring (bicyclic) bond motifs is 2. The molecule has 11 nitrogen and oxygen atoms in total. The van der Waals surface area contributed by atoms with Crippen LogP contribution in [-0.2, 0) is 16.2 Å². The summed E-state index contributed by atoms with van der Waals surface area (Å²) in [5.74, 6) is -0.511. The quantitative estimate of drug-likeness (QED) is 0.0545. The number of nitrogens with zero attached hydrogens (tertiary/aromatic N) is 4. The van der Waals surface area contributed by atoms with Crippen LogP contribution in [0.15, 0.2) is 102 Å². The molecule has 306 valence electrons.